The highest BCUT2D eigenvalue weighted by atomic mass is 32.1. The number of anilines is 2. The van der Waals surface area contributed by atoms with Gasteiger partial charge >= 0.3 is 0 Å². The van der Waals surface area contributed by atoms with Gasteiger partial charge in [0.2, 0.25) is 0 Å². The van der Waals surface area contributed by atoms with E-state index in [4.69, 9.17) is 10.5 Å². The van der Waals surface area contributed by atoms with Crippen LogP contribution in [0.1, 0.15) is 36.9 Å². The van der Waals surface area contributed by atoms with Crippen LogP contribution in [0, 0.1) is 11.8 Å². The van der Waals surface area contributed by atoms with Crippen molar-refractivity contribution >= 4 is 27.8 Å². The molecule has 1 atom stereocenters. The second-order valence-corrected chi connectivity index (χ2v) is 6.48. The number of ether oxygens (including phenoxy) is 1. The largest absolute Gasteiger partial charge is 0.492 e. The van der Waals surface area contributed by atoms with Crippen molar-refractivity contribution in [2.75, 3.05) is 30.8 Å². The molecular formula is C14H22N2O2S. The normalized spacial score (nSPS) is 19.2. The highest BCUT2D eigenvalue weighted by Gasteiger charge is 2.30. The van der Waals surface area contributed by atoms with Gasteiger partial charge in [-0.05, 0) is 18.3 Å². The number of carbonyl (C=O) groups is 1. The Kier molecular flexibility index (Phi) is 4.04. The van der Waals surface area contributed by atoms with Crippen LogP contribution in [0.5, 0.6) is 5.75 Å². The smallest absolute Gasteiger partial charge is 0.177 e. The van der Waals surface area contributed by atoms with Gasteiger partial charge in [-0.25, -0.2) is 0 Å². The standard InChI is InChI=1S/C14H22N2O2S/c1-8(2)10-5-6-16(7-10)14-12(18-4)11(15)13(19-14)9(3)17/h8,10H,5-7,15H2,1-4H3. The topological polar surface area (TPSA) is 55.6 Å². The first-order chi connectivity index (χ1) is 8.95. The molecule has 0 aliphatic carbocycles. The summed E-state index contributed by atoms with van der Waals surface area (Å²) in [5.74, 6) is 2.06. The Morgan fingerprint density at radius 3 is 2.68 bits per heavy atom. The summed E-state index contributed by atoms with van der Waals surface area (Å²) in [6.45, 7) is 8.10. The third-order valence-corrected chi connectivity index (χ3v) is 5.21. The molecule has 5 heteroatoms. The molecule has 1 aromatic rings. The molecule has 2 N–H and O–H groups in total. The summed E-state index contributed by atoms with van der Waals surface area (Å²) >= 11 is 1.46. The Morgan fingerprint density at radius 1 is 1.53 bits per heavy atom. The van der Waals surface area contributed by atoms with Crippen LogP contribution in [0.25, 0.3) is 0 Å². The second kappa shape index (κ2) is 5.41. The molecule has 19 heavy (non-hydrogen) atoms. The number of rotatable bonds is 4. The van der Waals surface area contributed by atoms with E-state index in [0.29, 0.717) is 28.1 Å². The maximum atomic E-state index is 11.6. The lowest BCUT2D eigenvalue weighted by molar-refractivity contribution is 0.102. The van der Waals surface area contributed by atoms with E-state index < -0.39 is 0 Å². The summed E-state index contributed by atoms with van der Waals surface area (Å²) < 4.78 is 5.41. The summed E-state index contributed by atoms with van der Waals surface area (Å²) in [7, 11) is 1.61. The van der Waals surface area contributed by atoms with Crippen LogP contribution in [0.3, 0.4) is 0 Å². The fourth-order valence-electron chi connectivity index (χ4n) is 2.60. The van der Waals surface area contributed by atoms with Gasteiger partial charge in [0.15, 0.2) is 11.5 Å². The fraction of sp³-hybridized carbons (Fsp3) is 0.643. The third-order valence-electron chi connectivity index (χ3n) is 3.86. The quantitative estimate of drug-likeness (QED) is 0.862. The zero-order valence-electron chi connectivity index (χ0n) is 12.0. The predicted octanol–water partition coefficient (Wildman–Crippen LogP) is 3.02. The summed E-state index contributed by atoms with van der Waals surface area (Å²) in [5.41, 5.74) is 6.50. The maximum Gasteiger partial charge on any atom is 0.177 e. The lowest BCUT2D eigenvalue weighted by Crippen LogP contribution is -2.20. The van der Waals surface area contributed by atoms with Gasteiger partial charge in [-0.1, -0.05) is 13.8 Å². The van der Waals surface area contributed by atoms with Crippen molar-refractivity contribution in [2.24, 2.45) is 11.8 Å². The minimum absolute atomic E-state index is 0.00616. The molecule has 0 amide bonds. The number of nitrogens with zero attached hydrogens (tertiary/aromatic N) is 1. The molecule has 1 aliphatic heterocycles. The van der Waals surface area contributed by atoms with E-state index in [1.807, 2.05) is 0 Å². The van der Waals surface area contributed by atoms with Crippen LogP contribution in [0.2, 0.25) is 0 Å². The molecule has 1 aromatic heterocycles. The molecule has 1 saturated heterocycles. The molecule has 0 spiro atoms. The lowest BCUT2D eigenvalue weighted by atomic mass is 9.95. The number of carbonyl (C=O) groups excluding carboxylic acids is 1. The van der Waals surface area contributed by atoms with E-state index in [2.05, 4.69) is 18.7 Å². The van der Waals surface area contributed by atoms with Crippen molar-refractivity contribution in [1.82, 2.24) is 0 Å². The Morgan fingerprint density at radius 2 is 2.21 bits per heavy atom. The van der Waals surface area contributed by atoms with E-state index in [9.17, 15) is 4.79 Å². The first-order valence-electron chi connectivity index (χ1n) is 6.67. The van der Waals surface area contributed by atoms with Gasteiger partial charge in [0, 0.05) is 20.0 Å². The minimum atomic E-state index is 0.00616. The predicted molar refractivity (Wildman–Crippen MR) is 80.4 cm³/mol. The van der Waals surface area contributed by atoms with Gasteiger partial charge in [-0.2, -0.15) is 0 Å². The monoisotopic (exact) mass is 282 g/mol. The molecule has 0 radical (unpaired) electrons. The maximum absolute atomic E-state index is 11.6. The SMILES string of the molecule is COc1c(N2CCC(C(C)C)C2)sc(C(C)=O)c1N. The van der Waals surface area contributed by atoms with Crippen LogP contribution in [0.4, 0.5) is 10.7 Å². The van der Waals surface area contributed by atoms with Crippen molar-refractivity contribution in [3.63, 3.8) is 0 Å². The molecule has 106 valence electrons. The van der Waals surface area contributed by atoms with Gasteiger partial charge in [-0.3, -0.25) is 4.79 Å². The average molecular weight is 282 g/mol. The second-order valence-electron chi connectivity index (χ2n) is 5.48. The Labute approximate surface area is 118 Å². The molecule has 0 aromatic carbocycles. The van der Waals surface area contributed by atoms with Crippen molar-refractivity contribution in [1.29, 1.82) is 0 Å². The van der Waals surface area contributed by atoms with Crippen LogP contribution in [-0.4, -0.2) is 26.0 Å². The van der Waals surface area contributed by atoms with Gasteiger partial charge in [0.1, 0.15) is 5.00 Å². The zero-order valence-corrected chi connectivity index (χ0v) is 12.8. The number of thiophene rings is 1. The van der Waals surface area contributed by atoms with Crippen LogP contribution >= 0.6 is 11.3 Å². The molecule has 0 saturated carbocycles. The van der Waals surface area contributed by atoms with Crippen LogP contribution < -0.4 is 15.4 Å². The molecule has 4 nitrogen and oxygen atoms in total. The minimum Gasteiger partial charge on any atom is -0.492 e. The van der Waals surface area contributed by atoms with Crippen molar-refractivity contribution < 1.29 is 9.53 Å². The Bertz CT molecular complexity index is 482. The lowest BCUT2D eigenvalue weighted by Gasteiger charge is -2.19. The summed E-state index contributed by atoms with van der Waals surface area (Å²) in [6.07, 6.45) is 1.19. The average Bonchev–Trinajstić information content (AvgIpc) is 2.92. The van der Waals surface area contributed by atoms with Crippen LogP contribution in [0.15, 0.2) is 0 Å². The zero-order chi connectivity index (χ0) is 14.2. The molecule has 1 unspecified atom stereocenters. The van der Waals surface area contributed by atoms with Crippen molar-refractivity contribution in [3.05, 3.63) is 4.88 Å². The van der Waals surface area contributed by atoms with Crippen LogP contribution in [-0.2, 0) is 0 Å². The van der Waals surface area contributed by atoms with Gasteiger partial charge in [-0.15, -0.1) is 11.3 Å². The van der Waals surface area contributed by atoms with Crippen molar-refractivity contribution in [2.45, 2.75) is 27.2 Å². The molecule has 2 heterocycles. The highest BCUT2D eigenvalue weighted by molar-refractivity contribution is 7.19. The number of nitrogens with two attached hydrogens (primary N) is 1. The van der Waals surface area contributed by atoms with Gasteiger partial charge in [0.25, 0.3) is 0 Å². The van der Waals surface area contributed by atoms with E-state index in [-0.39, 0.29) is 5.78 Å². The number of ketones is 1. The fourth-order valence-corrected chi connectivity index (χ4v) is 3.72. The Balaban J connectivity index is 2.30. The van der Waals surface area contributed by atoms with E-state index in [1.165, 1.54) is 17.8 Å². The number of hydrogen-bond acceptors (Lipinski definition) is 5. The highest BCUT2D eigenvalue weighted by Crippen LogP contribution is 2.46. The molecule has 1 aliphatic rings. The summed E-state index contributed by atoms with van der Waals surface area (Å²) in [5, 5.41) is 1.01. The number of methoxy groups -OCH3 is 1. The molecule has 0 bridgehead atoms. The van der Waals surface area contributed by atoms with Gasteiger partial charge < -0.3 is 15.4 Å². The number of hydrogen-bond donors (Lipinski definition) is 1. The first-order valence-corrected chi connectivity index (χ1v) is 7.49. The molecule has 2 rings (SSSR count). The first kappa shape index (κ1) is 14.2. The Hall–Kier alpha value is -1.23. The summed E-state index contributed by atoms with van der Waals surface area (Å²) in [6, 6.07) is 0. The third kappa shape index (κ3) is 2.56. The van der Waals surface area contributed by atoms with Gasteiger partial charge in [0.05, 0.1) is 17.7 Å². The van der Waals surface area contributed by atoms with Crippen molar-refractivity contribution in [3.8, 4) is 5.75 Å². The molecule has 1 fully saturated rings. The van der Waals surface area contributed by atoms with E-state index in [1.54, 1.807) is 14.0 Å². The molecular weight excluding hydrogens is 260 g/mol. The number of Topliss-reactive ketones (excluding diaryl/α,β-unsaturated/α-hetero) is 1. The number of nitrogen functional groups attached to an aromatic ring is 1. The van der Waals surface area contributed by atoms with E-state index >= 15 is 0 Å². The summed E-state index contributed by atoms with van der Waals surface area (Å²) in [4.78, 5) is 14.5. The van der Waals surface area contributed by atoms with E-state index in [0.717, 1.165) is 18.1 Å².